The number of hydrogen-bond acceptors (Lipinski definition) is 2. The molecular formula is C18H25F3N2O2. The molecule has 0 saturated carbocycles. The summed E-state index contributed by atoms with van der Waals surface area (Å²) in [5, 5.41) is 11.8. The number of urea groups is 1. The van der Waals surface area contributed by atoms with Crippen LogP contribution in [0.25, 0.3) is 0 Å². The quantitative estimate of drug-likeness (QED) is 0.848. The van der Waals surface area contributed by atoms with E-state index in [-0.39, 0.29) is 19.6 Å². The molecule has 1 fully saturated rings. The van der Waals surface area contributed by atoms with Crippen LogP contribution in [-0.2, 0) is 6.42 Å². The molecule has 2 N–H and O–H groups in total. The molecule has 2 atom stereocenters. The molecule has 2 rings (SSSR count). The zero-order valence-electron chi connectivity index (χ0n) is 14.4. The first-order valence-corrected chi connectivity index (χ1v) is 8.56. The fourth-order valence-electron chi connectivity index (χ4n) is 3.25. The van der Waals surface area contributed by atoms with E-state index in [4.69, 9.17) is 0 Å². The number of carbonyl (C=O) groups excluding carboxylic acids is 1. The molecule has 0 aromatic heterocycles. The van der Waals surface area contributed by atoms with Crippen LogP contribution in [0.5, 0.6) is 0 Å². The third-order valence-corrected chi connectivity index (χ3v) is 5.01. The number of rotatable bonds is 5. The Bertz CT molecular complexity index is 559. The third-order valence-electron chi connectivity index (χ3n) is 5.01. The van der Waals surface area contributed by atoms with E-state index in [2.05, 4.69) is 5.32 Å². The van der Waals surface area contributed by atoms with Crippen LogP contribution in [0, 0.1) is 5.41 Å². The van der Waals surface area contributed by atoms with E-state index >= 15 is 0 Å². The number of alkyl halides is 3. The molecule has 140 valence electrons. The van der Waals surface area contributed by atoms with Crippen molar-refractivity contribution in [2.75, 3.05) is 19.7 Å². The second-order valence-electron chi connectivity index (χ2n) is 6.77. The highest BCUT2D eigenvalue weighted by Crippen LogP contribution is 2.33. The number of benzene rings is 1. The Hall–Kier alpha value is -1.76. The van der Waals surface area contributed by atoms with E-state index in [1.54, 1.807) is 30.3 Å². The third kappa shape index (κ3) is 5.11. The van der Waals surface area contributed by atoms with Gasteiger partial charge in [-0.05, 0) is 24.8 Å². The second kappa shape index (κ2) is 8.08. The summed E-state index contributed by atoms with van der Waals surface area (Å²) in [6, 6.07) is 5.65. The number of halogens is 3. The number of hydrogen-bond donors (Lipinski definition) is 2. The molecule has 1 aliphatic heterocycles. The lowest BCUT2D eigenvalue weighted by Gasteiger charge is -2.41. The number of aliphatic hydroxyl groups is 1. The van der Waals surface area contributed by atoms with Crippen molar-refractivity contribution in [2.45, 2.75) is 44.8 Å². The van der Waals surface area contributed by atoms with Crippen LogP contribution >= 0.6 is 0 Å². The zero-order chi connectivity index (χ0) is 18.5. The molecule has 1 heterocycles. The van der Waals surface area contributed by atoms with E-state index in [1.165, 1.54) is 4.90 Å². The van der Waals surface area contributed by atoms with Crippen molar-refractivity contribution < 1.29 is 23.1 Å². The van der Waals surface area contributed by atoms with E-state index in [9.17, 15) is 23.1 Å². The molecule has 0 aliphatic carbocycles. The molecular weight excluding hydrogens is 333 g/mol. The molecule has 0 bridgehead atoms. The van der Waals surface area contributed by atoms with Gasteiger partial charge in [0.05, 0.1) is 6.61 Å². The summed E-state index contributed by atoms with van der Waals surface area (Å²) >= 11 is 0. The van der Waals surface area contributed by atoms with Crippen LogP contribution in [0.3, 0.4) is 0 Å². The first-order valence-electron chi connectivity index (χ1n) is 8.56. The molecule has 2 amide bonds. The lowest BCUT2D eigenvalue weighted by Crippen LogP contribution is -2.55. The number of likely N-dealkylation sites (tertiary alicyclic amines) is 1. The molecule has 4 nitrogen and oxygen atoms in total. The van der Waals surface area contributed by atoms with Crippen LogP contribution in [0.15, 0.2) is 30.3 Å². The second-order valence-corrected chi connectivity index (χ2v) is 6.77. The highest BCUT2D eigenvalue weighted by atomic mass is 19.4. The number of aliphatic hydroxyl groups excluding tert-OH is 1. The first-order chi connectivity index (χ1) is 11.8. The maximum Gasteiger partial charge on any atom is 0.408 e. The summed E-state index contributed by atoms with van der Waals surface area (Å²) in [4.78, 5) is 13.8. The van der Waals surface area contributed by atoms with Gasteiger partial charge in [0.2, 0.25) is 0 Å². The Morgan fingerprint density at radius 3 is 2.60 bits per heavy atom. The summed E-state index contributed by atoms with van der Waals surface area (Å²) < 4.78 is 40.0. The monoisotopic (exact) mass is 358 g/mol. The van der Waals surface area contributed by atoms with Crippen LogP contribution in [0.1, 0.15) is 31.7 Å². The van der Waals surface area contributed by atoms with E-state index < -0.39 is 23.7 Å². The van der Waals surface area contributed by atoms with Crippen LogP contribution in [0.2, 0.25) is 0 Å². The highest BCUT2D eigenvalue weighted by Gasteiger charge is 2.42. The summed E-state index contributed by atoms with van der Waals surface area (Å²) in [7, 11) is 0. The van der Waals surface area contributed by atoms with Gasteiger partial charge in [0.15, 0.2) is 0 Å². The van der Waals surface area contributed by atoms with E-state index in [0.29, 0.717) is 24.9 Å². The predicted octanol–water partition coefficient (Wildman–Crippen LogP) is 3.35. The molecule has 7 heteroatoms. The van der Waals surface area contributed by atoms with Gasteiger partial charge in [-0.15, -0.1) is 0 Å². The molecule has 1 aromatic carbocycles. The summed E-state index contributed by atoms with van der Waals surface area (Å²) in [6.07, 6.45) is -2.70. The average molecular weight is 358 g/mol. The molecule has 1 aromatic rings. The van der Waals surface area contributed by atoms with Crippen LogP contribution in [-0.4, -0.2) is 48.0 Å². The minimum absolute atomic E-state index is 0.0694. The van der Waals surface area contributed by atoms with Crippen molar-refractivity contribution in [3.63, 3.8) is 0 Å². The van der Waals surface area contributed by atoms with Gasteiger partial charge in [-0.25, -0.2) is 4.79 Å². The summed E-state index contributed by atoms with van der Waals surface area (Å²) in [6.45, 7) is 2.54. The Morgan fingerprint density at radius 1 is 1.36 bits per heavy atom. The summed E-state index contributed by atoms with van der Waals surface area (Å²) in [5.41, 5.74) is 0.102. The number of nitrogens with zero attached hydrogens (tertiary/aromatic N) is 1. The van der Waals surface area contributed by atoms with Crippen LogP contribution in [0.4, 0.5) is 18.0 Å². The van der Waals surface area contributed by atoms with Crippen molar-refractivity contribution in [2.24, 2.45) is 5.41 Å². The Labute approximate surface area is 146 Å². The van der Waals surface area contributed by atoms with Gasteiger partial charge < -0.3 is 15.3 Å². The largest absolute Gasteiger partial charge is 0.408 e. The number of nitrogens with one attached hydrogen (secondary N) is 1. The van der Waals surface area contributed by atoms with E-state index in [1.807, 2.05) is 6.92 Å². The molecule has 2 unspecified atom stereocenters. The normalized spacial score (nSPS) is 22.5. The average Bonchev–Trinajstić information content (AvgIpc) is 2.61. The van der Waals surface area contributed by atoms with Crippen molar-refractivity contribution in [1.82, 2.24) is 10.2 Å². The van der Waals surface area contributed by atoms with Gasteiger partial charge in [-0.3, -0.25) is 0 Å². The predicted molar refractivity (Wildman–Crippen MR) is 89.1 cm³/mol. The number of amides is 2. The fourth-order valence-corrected chi connectivity index (χ4v) is 3.25. The SMILES string of the molecule is CCC1(CO)CCCN(C(=O)NC(Cc2ccccc2)C(F)(F)F)C1. The smallest absolute Gasteiger partial charge is 0.396 e. The minimum atomic E-state index is -4.53. The van der Waals surface area contributed by atoms with Gasteiger partial charge >= 0.3 is 12.2 Å². The van der Waals surface area contributed by atoms with Gasteiger partial charge in [-0.1, -0.05) is 37.3 Å². The number of carbonyl (C=O) groups is 1. The maximum atomic E-state index is 13.3. The summed E-state index contributed by atoms with van der Waals surface area (Å²) in [5.74, 6) is 0. The Balaban J connectivity index is 2.06. The fraction of sp³-hybridized carbons (Fsp3) is 0.611. The first kappa shape index (κ1) is 19.6. The van der Waals surface area contributed by atoms with Crippen molar-refractivity contribution >= 4 is 6.03 Å². The highest BCUT2D eigenvalue weighted by molar-refractivity contribution is 5.74. The van der Waals surface area contributed by atoms with Gasteiger partial charge in [0.25, 0.3) is 0 Å². The molecule has 0 radical (unpaired) electrons. The van der Waals surface area contributed by atoms with Gasteiger partial charge in [0.1, 0.15) is 6.04 Å². The Morgan fingerprint density at radius 2 is 2.04 bits per heavy atom. The maximum absolute atomic E-state index is 13.3. The van der Waals surface area contributed by atoms with Crippen molar-refractivity contribution in [3.05, 3.63) is 35.9 Å². The standard InChI is InChI=1S/C18H25F3N2O2/c1-2-17(13-24)9-6-10-23(12-17)16(25)22-15(18(19,20)21)11-14-7-4-3-5-8-14/h3-5,7-8,15,24H,2,6,9-13H2,1H3,(H,22,25). The van der Waals surface area contributed by atoms with Crippen molar-refractivity contribution in [3.8, 4) is 0 Å². The lowest BCUT2D eigenvalue weighted by molar-refractivity contribution is -0.153. The molecule has 0 spiro atoms. The molecule has 1 aliphatic rings. The topological polar surface area (TPSA) is 52.6 Å². The molecule has 25 heavy (non-hydrogen) atoms. The van der Waals surface area contributed by atoms with Crippen LogP contribution < -0.4 is 5.32 Å². The molecule has 1 saturated heterocycles. The van der Waals surface area contributed by atoms with Gasteiger partial charge in [0, 0.05) is 24.9 Å². The van der Waals surface area contributed by atoms with Crippen molar-refractivity contribution in [1.29, 1.82) is 0 Å². The lowest BCUT2D eigenvalue weighted by atomic mass is 9.78. The number of piperidine rings is 1. The minimum Gasteiger partial charge on any atom is -0.396 e. The van der Waals surface area contributed by atoms with Gasteiger partial charge in [-0.2, -0.15) is 13.2 Å². The Kier molecular flexibility index (Phi) is 6.32. The van der Waals surface area contributed by atoms with E-state index in [0.717, 1.165) is 6.42 Å². The zero-order valence-corrected chi connectivity index (χ0v) is 14.4.